The zero-order chi connectivity index (χ0) is 10.7. The van der Waals surface area contributed by atoms with E-state index in [1.54, 1.807) is 0 Å². The Kier molecular flexibility index (Phi) is 3.37. The maximum Gasteiger partial charge on any atom is 0.0352 e. The molecule has 0 bridgehead atoms. The van der Waals surface area contributed by atoms with Crippen LogP contribution in [0.3, 0.4) is 0 Å². The number of aromatic nitrogens is 1. The van der Waals surface area contributed by atoms with Crippen LogP contribution in [0.15, 0.2) is 18.5 Å². The molecule has 0 spiro atoms. The van der Waals surface area contributed by atoms with Gasteiger partial charge in [0.2, 0.25) is 0 Å². The average Bonchev–Trinajstić information content (AvgIpc) is 2.67. The van der Waals surface area contributed by atoms with Gasteiger partial charge in [0.05, 0.1) is 0 Å². The van der Waals surface area contributed by atoms with Crippen LogP contribution in [0.4, 0.5) is 0 Å². The molecule has 1 aliphatic rings. The van der Waals surface area contributed by atoms with E-state index in [1.807, 2.05) is 12.4 Å². The fourth-order valence-electron chi connectivity index (χ4n) is 2.59. The minimum absolute atomic E-state index is 0.646. The number of aryl methyl sites for hydroxylation is 1. The Morgan fingerprint density at radius 1 is 1.53 bits per heavy atom. The van der Waals surface area contributed by atoms with Gasteiger partial charge in [0, 0.05) is 18.4 Å². The third-order valence-electron chi connectivity index (χ3n) is 3.30. The lowest BCUT2D eigenvalue weighted by molar-refractivity contribution is 0.257. The molecule has 1 aliphatic heterocycles. The second-order valence-electron chi connectivity index (χ2n) is 4.43. The lowest BCUT2D eigenvalue weighted by atomic mass is 10.0. The van der Waals surface area contributed by atoms with Crippen LogP contribution in [-0.4, -0.2) is 23.0 Å². The van der Waals surface area contributed by atoms with E-state index < -0.39 is 0 Å². The molecule has 0 radical (unpaired) electrons. The largest absolute Gasteiger partial charge is 0.296 e. The number of nitrogens with zero attached hydrogens (tertiary/aromatic N) is 2. The summed E-state index contributed by atoms with van der Waals surface area (Å²) in [5.74, 6) is 0. The summed E-state index contributed by atoms with van der Waals surface area (Å²) in [6.07, 6.45) is 7.81. The zero-order valence-electron chi connectivity index (χ0n) is 9.74. The van der Waals surface area contributed by atoms with Crippen molar-refractivity contribution in [2.24, 2.45) is 0 Å². The molecule has 1 atom stereocenters. The molecular weight excluding hydrogens is 184 g/mol. The molecule has 0 aliphatic carbocycles. The van der Waals surface area contributed by atoms with Crippen molar-refractivity contribution in [1.29, 1.82) is 0 Å². The fraction of sp³-hybridized carbons (Fsp3) is 0.615. The second kappa shape index (κ2) is 4.75. The van der Waals surface area contributed by atoms with Gasteiger partial charge in [-0.3, -0.25) is 9.88 Å². The second-order valence-corrected chi connectivity index (χ2v) is 4.43. The molecule has 0 aromatic carbocycles. The van der Waals surface area contributed by atoms with Crippen LogP contribution in [0.25, 0.3) is 0 Å². The van der Waals surface area contributed by atoms with Crippen molar-refractivity contribution in [1.82, 2.24) is 9.88 Å². The molecule has 15 heavy (non-hydrogen) atoms. The normalized spacial score (nSPS) is 22.1. The molecular formula is C13H20N2. The van der Waals surface area contributed by atoms with Crippen molar-refractivity contribution in [3.05, 3.63) is 29.6 Å². The summed E-state index contributed by atoms with van der Waals surface area (Å²) in [7, 11) is 0. The molecule has 0 N–H and O–H groups in total. The van der Waals surface area contributed by atoms with Crippen LogP contribution in [0.1, 0.15) is 43.4 Å². The van der Waals surface area contributed by atoms with Crippen molar-refractivity contribution in [3.8, 4) is 0 Å². The Morgan fingerprint density at radius 3 is 3.13 bits per heavy atom. The number of pyridine rings is 1. The monoisotopic (exact) mass is 204 g/mol. The summed E-state index contributed by atoms with van der Waals surface area (Å²) in [4.78, 5) is 6.78. The van der Waals surface area contributed by atoms with Gasteiger partial charge in [0.1, 0.15) is 0 Å². The maximum atomic E-state index is 4.17. The summed E-state index contributed by atoms with van der Waals surface area (Å²) in [5.41, 5.74) is 2.82. The summed E-state index contributed by atoms with van der Waals surface area (Å²) >= 11 is 0. The highest BCUT2D eigenvalue weighted by Gasteiger charge is 2.25. The van der Waals surface area contributed by atoms with E-state index >= 15 is 0 Å². The third kappa shape index (κ3) is 2.20. The van der Waals surface area contributed by atoms with Gasteiger partial charge in [-0.05, 0) is 56.5 Å². The van der Waals surface area contributed by atoms with E-state index in [1.165, 1.54) is 43.5 Å². The highest BCUT2D eigenvalue weighted by atomic mass is 15.2. The van der Waals surface area contributed by atoms with Crippen LogP contribution >= 0.6 is 0 Å². The SMILES string of the molecule is CCCN1CCCC1c1ccncc1C. The lowest BCUT2D eigenvalue weighted by Gasteiger charge is -2.25. The van der Waals surface area contributed by atoms with Gasteiger partial charge in [-0.25, -0.2) is 0 Å². The van der Waals surface area contributed by atoms with Crippen molar-refractivity contribution in [3.63, 3.8) is 0 Å². The predicted molar refractivity (Wildman–Crippen MR) is 62.8 cm³/mol. The van der Waals surface area contributed by atoms with Gasteiger partial charge >= 0.3 is 0 Å². The van der Waals surface area contributed by atoms with Gasteiger partial charge in [-0.2, -0.15) is 0 Å². The molecule has 0 saturated carbocycles. The van der Waals surface area contributed by atoms with Crippen molar-refractivity contribution in [2.75, 3.05) is 13.1 Å². The Morgan fingerprint density at radius 2 is 2.40 bits per heavy atom. The lowest BCUT2D eigenvalue weighted by Crippen LogP contribution is -2.24. The Labute approximate surface area is 92.3 Å². The molecule has 1 saturated heterocycles. The minimum atomic E-state index is 0.646. The van der Waals surface area contributed by atoms with E-state index in [0.717, 1.165) is 0 Å². The molecule has 1 fully saturated rings. The first-order valence-corrected chi connectivity index (χ1v) is 5.97. The van der Waals surface area contributed by atoms with Crippen LogP contribution in [0.2, 0.25) is 0 Å². The molecule has 82 valence electrons. The predicted octanol–water partition coefficient (Wildman–Crippen LogP) is 2.94. The first-order valence-electron chi connectivity index (χ1n) is 5.97. The van der Waals surface area contributed by atoms with Crippen molar-refractivity contribution < 1.29 is 0 Å². The molecule has 2 heteroatoms. The average molecular weight is 204 g/mol. The molecule has 1 aromatic heterocycles. The Balaban J connectivity index is 2.19. The summed E-state index contributed by atoms with van der Waals surface area (Å²) in [6.45, 7) is 6.92. The Hall–Kier alpha value is -0.890. The fourth-order valence-corrected chi connectivity index (χ4v) is 2.59. The van der Waals surface area contributed by atoms with Crippen LogP contribution in [0.5, 0.6) is 0 Å². The number of hydrogen-bond donors (Lipinski definition) is 0. The van der Waals surface area contributed by atoms with Crippen molar-refractivity contribution >= 4 is 0 Å². The van der Waals surface area contributed by atoms with Crippen molar-refractivity contribution in [2.45, 2.75) is 39.2 Å². The van der Waals surface area contributed by atoms with Gasteiger partial charge in [0.15, 0.2) is 0 Å². The van der Waals surface area contributed by atoms with Crippen LogP contribution in [-0.2, 0) is 0 Å². The minimum Gasteiger partial charge on any atom is -0.296 e. The van der Waals surface area contributed by atoms with E-state index in [0.29, 0.717) is 6.04 Å². The number of hydrogen-bond acceptors (Lipinski definition) is 2. The zero-order valence-corrected chi connectivity index (χ0v) is 9.74. The van der Waals surface area contributed by atoms with Gasteiger partial charge < -0.3 is 0 Å². The quantitative estimate of drug-likeness (QED) is 0.752. The third-order valence-corrected chi connectivity index (χ3v) is 3.30. The summed E-state index contributed by atoms with van der Waals surface area (Å²) in [5, 5.41) is 0. The highest BCUT2D eigenvalue weighted by molar-refractivity contribution is 5.26. The first-order chi connectivity index (χ1) is 7.33. The van der Waals surface area contributed by atoms with Crippen LogP contribution < -0.4 is 0 Å². The van der Waals surface area contributed by atoms with E-state index in [-0.39, 0.29) is 0 Å². The first kappa shape index (κ1) is 10.6. The maximum absolute atomic E-state index is 4.17. The van der Waals surface area contributed by atoms with E-state index in [2.05, 4.69) is 29.8 Å². The van der Waals surface area contributed by atoms with Crippen LogP contribution in [0, 0.1) is 6.92 Å². The van der Waals surface area contributed by atoms with E-state index in [4.69, 9.17) is 0 Å². The molecule has 1 aromatic rings. The molecule has 0 amide bonds. The number of rotatable bonds is 3. The number of likely N-dealkylation sites (tertiary alicyclic amines) is 1. The summed E-state index contributed by atoms with van der Waals surface area (Å²) < 4.78 is 0. The highest BCUT2D eigenvalue weighted by Crippen LogP contribution is 2.32. The molecule has 2 heterocycles. The molecule has 1 unspecified atom stereocenters. The van der Waals surface area contributed by atoms with Gasteiger partial charge in [-0.15, -0.1) is 0 Å². The van der Waals surface area contributed by atoms with Gasteiger partial charge in [0.25, 0.3) is 0 Å². The van der Waals surface area contributed by atoms with Gasteiger partial charge in [-0.1, -0.05) is 6.92 Å². The standard InChI is InChI=1S/C13H20N2/c1-3-8-15-9-4-5-13(15)12-6-7-14-10-11(12)2/h6-7,10,13H,3-5,8-9H2,1-2H3. The Bertz CT molecular complexity index is 322. The smallest absolute Gasteiger partial charge is 0.0352 e. The topological polar surface area (TPSA) is 16.1 Å². The van der Waals surface area contributed by atoms with E-state index in [9.17, 15) is 0 Å². The summed E-state index contributed by atoms with van der Waals surface area (Å²) in [6, 6.07) is 2.83. The molecule has 2 rings (SSSR count). The molecule has 2 nitrogen and oxygen atoms in total.